The molecule has 0 bridgehead atoms. The quantitative estimate of drug-likeness (QED) is 0.538. The second-order valence-electron chi connectivity index (χ2n) is 8.78. The summed E-state index contributed by atoms with van der Waals surface area (Å²) < 4.78 is 39.9. The van der Waals surface area contributed by atoms with Crippen molar-refractivity contribution in [3.8, 4) is 16.9 Å². The number of amides is 1. The number of benzene rings is 2. The lowest BCUT2D eigenvalue weighted by Gasteiger charge is -2.36. The average molecular weight is 478 g/mol. The van der Waals surface area contributed by atoms with Gasteiger partial charge in [-0.1, -0.05) is 67.8 Å². The smallest absolute Gasteiger partial charge is 0.298 e. The normalized spacial score (nSPS) is 16.2. The molecule has 1 unspecified atom stereocenters. The third-order valence-electron chi connectivity index (χ3n) is 5.83. The number of carbonyl (C=O) groups excluding carboxylic acids is 1. The summed E-state index contributed by atoms with van der Waals surface area (Å²) in [5.74, 6) is -3.72. The van der Waals surface area contributed by atoms with E-state index in [9.17, 15) is 4.79 Å². The number of carbonyl (C=O) groups is 1. The molecular formula is C25H33F2N3O2S. The van der Waals surface area contributed by atoms with Crippen LogP contribution >= 0.6 is 11.9 Å². The Kier molecular flexibility index (Phi) is 8.37. The second kappa shape index (κ2) is 10.8. The van der Waals surface area contributed by atoms with Crippen LogP contribution < -0.4 is 15.2 Å². The molecule has 2 aromatic rings. The Balaban J connectivity index is 1.94. The SMILES string of the molecule is COc1cc(C(F)(F)C(NSC(C)C)C(=O)N2CCC(N)CC2)ccc1-c1ccc(C)cc1. The Morgan fingerprint density at radius 1 is 1.18 bits per heavy atom. The number of likely N-dealkylation sites (tertiary alicyclic amines) is 1. The van der Waals surface area contributed by atoms with E-state index in [1.807, 2.05) is 45.0 Å². The molecule has 180 valence electrons. The molecule has 3 rings (SSSR count). The lowest BCUT2D eigenvalue weighted by Crippen LogP contribution is -2.55. The van der Waals surface area contributed by atoms with Crippen molar-refractivity contribution in [1.29, 1.82) is 0 Å². The summed E-state index contributed by atoms with van der Waals surface area (Å²) in [6.07, 6.45) is 1.22. The van der Waals surface area contributed by atoms with Crippen LogP contribution in [0.5, 0.6) is 5.75 Å². The molecule has 1 fully saturated rings. The van der Waals surface area contributed by atoms with E-state index < -0.39 is 17.9 Å². The van der Waals surface area contributed by atoms with Gasteiger partial charge >= 0.3 is 0 Å². The van der Waals surface area contributed by atoms with Gasteiger partial charge in [-0.2, -0.15) is 8.78 Å². The standard InChI is InChI=1S/C25H33F2N3O2S/c1-16(2)33-29-23(24(31)30-13-11-20(28)12-14-30)25(26,27)19-9-10-21(22(15-19)32-4)18-7-5-17(3)6-8-18/h5-10,15-16,20,23,29H,11-14,28H2,1-4H3. The van der Waals surface area contributed by atoms with E-state index in [1.165, 1.54) is 24.1 Å². The number of nitrogens with one attached hydrogen (secondary N) is 1. The molecule has 1 atom stereocenters. The number of aryl methyl sites for hydroxylation is 1. The molecule has 8 heteroatoms. The number of hydrogen-bond donors (Lipinski definition) is 2. The number of hydrogen-bond acceptors (Lipinski definition) is 5. The van der Waals surface area contributed by atoms with Gasteiger partial charge in [0.1, 0.15) is 5.75 Å². The molecule has 0 aliphatic carbocycles. The topological polar surface area (TPSA) is 67.6 Å². The van der Waals surface area contributed by atoms with Crippen LogP contribution in [0.3, 0.4) is 0 Å². The van der Waals surface area contributed by atoms with E-state index in [0.717, 1.165) is 28.6 Å². The number of methoxy groups -OCH3 is 1. The largest absolute Gasteiger partial charge is 0.496 e. The number of ether oxygens (including phenoxy) is 1. The van der Waals surface area contributed by atoms with Gasteiger partial charge in [0.2, 0.25) is 5.91 Å². The van der Waals surface area contributed by atoms with Crippen molar-refractivity contribution in [1.82, 2.24) is 9.62 Å². The summed E-state index contributed by atoms with van der Waals surface area (Å²) in [5, 5.41) is 0.0318. The van der Waals surface area contributed by atoms with Crippen LogP contribution in [0.15, 0.2) is 42.5 Å². The van der Waals surface area contributed by atoms with Gasteiger partial charge in [0.15, 0.2) is 6.04 Å². The zero-order valence-corrected chi connectivity index (χ0v) is 20.4. The van der Waals surface area contributed by atoms with Gasteiger partial charge < -0.3 is 15.4 Å². The number of halogens is 2. The number of piperidine rings is 1. The number of nitrogens with two attached hydrogens (primary N) is 1. The maximum absolute atomic E-state index is 15.9. The Labute approximate surface area is 199 Å². The van der Waals surface area contributed by atoms with E-state index in [-0.39, 0.29) is 16.9 Å². The van der Waals surface area contributed by atoms with Crippen molar-refractivity contribution >= 4 is 17.9 Å². The summed E-state index contributed by atoms with van der Waals surface area (Å²) in [6, 6.07) is 10.4. The molecule has 0 radical (unpaired) electrons. The highest BCUT2D eigenvalue weighted by molar-refractivity contribution is 7.98. The monoisotopic (exact) mass is 477 g/mol. The van der Waals surface area contributed by atoms with Gasteiger partial charge in [-0.15, -0.1) is 0 Å². The third kappa shape index (κ3) is 6.05. The van der Waals surface area contributed by atoms with Crippen molar-refractivity contribution in [3.63, 3.8) is 0 Å². The van der Waals surface area contributed by atoms with E-state index >= 15 is 8.78 Å². The van der Waals surface area contributed by atoms with Gasteiger partial charge in [-0.3, -0.25) is 4.79 Å². The van der Waals surface area contributed by atoms with E-state index in [4.69, 9.17) is 10.5 Å². The van der Waals surface area contributed by atoms with E-state index in [2.05, 4.69) is 4.72 Å². The Hall–Kier alpha value is -2.16. The van der Waals surface area contributed by atoms with Crippen LogP contribution in [0.1, 0.15) is 37.8 Å². The zero-order valence-electron chi connectivity index (χ0n) is 19.6. The van der Waals surface area contributed by atoms with Gasteiger partial charge in [0.05, 0.1) is 7.11 Å². The molecule has 0 saturated carbocycles. The van der Waals surface area contributed by atoms with Crippen molar-refractivity contribution in [2.45, 2.75) is 56.9 Å². The summed E-state index contributed by atoms with van der Waals surface area (Å²) in [6.45, 7) is 6.53. The fraction of sp³-hybridized carbons (Fsp3) is 0.480. The van der Waals surface area contributed by atoms with Crippen molar-refractivity contribution in [2.24, 2.45) is 5.73 Å². The Bertz CT molecular complexity index is 945. The van der Waals surface area contributed by atoms with Crippen LogP contribution in [0.4, 0.5) is 8.78 Å². The molecule has 3 N–H and O–H groups in total. The first kappa shape index (κ1) is 25.5. The fourth-order valence-corrected chi connectivity index (χ4v) is 4.48. The summed E-state index contributed by atoms with van der Waals surface area (Å²) in [5.41, 5.74) is 8.36. The van der Waals surface area contributed by atoms with Crippen LogP contribution in [0, 0.1) is 6.92 Å². The molecule has 0 aromatic heterocycles. The highest BCUT2D eigenvalue weighted by atomic mass is 32.2. The lowest BCUT2D eigenvalue weighted by molar-refractivity contribution is -0.145. The number of rotatable bonds is 8. The summed E-state index contributed by atoms with van der Waals surface area (Å²) >= 11 is 1.13. The van der Waals surface area contributed by atoms with Crippen LogP contribution in [0.25, 0.3) is 11.1 Å². The first-order valence-electron chi connectivity index (χ1n) is 11.2. The van der Waals surface area contributed by atoms with E-state index in [0.29, 0.717) is 31.7 Å². The first-order valence-corrected chi connectivity index (χ1v) is 12.1. The molecule has 5 nitrogen and oxygen atoms in total. The van der Waals surface area contributed by atoms with Crippen LogP contribution in [-0.4, -0.2) is 48.3 Å². The molecule has 2 aromatic carbocycles. The Morgan fingerprint density at radius 3 is 2.39 bits per heavy atom. The highest BCUT2D eigenvalue weighted by Gasteiger charge is 2.48. The van der Waals surface area contributed by atoms with Crippen molar-refractivity contribution < 1.29 is 18.3 Å². The molecule has 1 aliphatic heterocycles. The first-order chi connectivity index (χ1) is 15.6. The second-order valence-corrected chi connectivity index (χ2v) is 10.2. The maximum atomic E-state index is 15.9. The highest BCUT2D eigenvalue weighted by Crippen LogP contribution is 2.39. The molecule has 1 heterocycles. The predicted octanol–water partition coefficient (Wildman–Crippen LogP) is 4.73. The summed E-state index contributed by atoms with van der Waals surface area (Å²) in [7, 11) is 1.46. The van der Waals surface area contributed by atoms with Gasteiger partial charge in [0.25, 0.3) is 5.92 Å². The number of nitrogens with zero attached hydrogens (tertiary/aromatic N) is 1. The fourth-order valence-electron chi connectivity index (χ4n) is 3.82. The zero-order chi connectivity index (χ0) is 24.2. The molecule has 1 amide bonds. The summed E-state index contributed by atoms with van der Waals surface area (Å²) in [4.78, 5) is 14.7. The molecule has 1 aliphatic rings. The van der Waals surface area contributed by atoms with Crippen LogP contribution in [-0.2, 0) is 10.7 Å². The Morgan fingerprint density at radius 2 is 1.82 bits per heavy atom. The molecular weight excluding hydrogens is 444 g/mol. The minimum absolute atomic E-state index is 0.00425. The van der Waals surface area contributed by atoms with Crippen molar-refractivity contribution in [3.05, 3.63) is 53.6 Å². The lowest BCUT2D eigenvalue weighted by atomic mass is 9.95. The van der Waals surface area contributed by atoms with Crippen LogP contribution in [0.2, 0.25) is 0 Å². The molecule has 0 spiro atoms. The van der Waals surface area contributed by atoms with Gasteiger partial charge in [-0.05, 0) is 31.4 Å². The third-order valence-corrected chi connectivity index (χ3v) is 6.67. The van der Waals surface area contributed by atoms with Gasteiger partial charge in [0, 0.05) is 35.5 Å². The van der Waals surface area contributed by atoms with E-state index in [1.54, 1.807) is 6.07 Å². The average Bonchev–Trinajstić information content (AvgIpc) is 2.79. The minimum Gasteiger partial charge on any atom is -0.496 e. The van der Waals surface area contributed by atoms with Gasteiger partial charge in [-0.25, -0.2) is 4.72 Å². The molecule has 33 heavy (non-hydrogen) atoms. The molecule has 1 saturated heterocycles. The minimum atomic E-state index is -3.45. The van der Waals surface area contributed by atoms with Crippen molar-refractivity contribution in [2.75, 3.05) is 20.2 Å². The number of alkyl halides is 2. The predicted molar refractivity (Wildman–Crippen MR) is 131 cm³/mol. The maximum Gasteiger partial charge on any atom is 0.298 e.